The fourth-order valence-electron chi connectivity index (χ4n) is 2.95. The fraction of sp³-hybridized carbons (Fsp3) is 0.562. The molecule has 1 aromatic carbocycles. The number of hydrogen-bond donors (Lipinski definition) is 1. The molecule has 22 heavy (non-hydrogen) atoms. The molecule has 6 heteroatoms. The van der Waals surface area contributed by atoms with Crippen LogP contribution in [0.2, 0.25) is 0 Å². The number of carbonyl (C=O) groups excluding carboxylic acids is 1. The van der Waals surface area contributed by atoms with Gasteiger partial charge in [-0.25, -0.2) is 0 Å². The maximum atomic E-state index is 11.5. The highest BCUT2D eigenvalue weighted by Gasteiger charge is 2.44. The second kappa shape index (κ2) is 6.75. The lowest BCUT2D eigenvalue weighted by atomic mass is 9.97. The van der Waals surface area contributed by atoms with Crippen LogP contribution in [0.3, 0.4) is 0 Å². The van der Waals surface area contributed by atoms with Gasteiger partial charge in [-0.05, 0) is 0 Å². The van der Waals surface area contributed by atoms with E-state index in [0.29, 0.717) is 13.0 Å². The number of hydrogen-bond acceptors (Lipinski definition) is 5. The molecule has 0 aromatic heterocycles. The predicted molar refractivity (Wildman–Crippen MR) is 77.9 cm³/mol. The fourth-order valence-corrected chi connectivity index (χ4v) is 2.95. The van der Waals surface area contributed by atoms with Crippen LogP contribution in [0, 0.1) is 0 Å². The maximum absolute atomic E-state index is 11.5. The molecule has 6 nitrogen and oxygen atoms in total. The van der Waals surface area contributed by atoms with Gasteiger partial charge in [0.2, 0.25) is 5.91 Å². The van der Waals surface area contributed by atoms with E-state index in [0.717, 1.165) is 5.56 Å². The summed E-state index contributed by atoms with van der Waals surface area (Å²) in [5.41, 5.74) is 0.955. The van der Waals surface area contributed by atoms with Crippen molar-refractivity contribution in [3.63, 3.8) is 0 Å². The summed E-state index contributed by atoms with van der Waals surface area (Å²) < 4.78 is 22.9. The second-order valence-corrected chi connectivity index (χ2v) is 5.56. The van der Waals surface area contributed by atoms with Gasteiger partial charge in [0.1, 0.15) is 12.2 Å². The number of nitrogens with one attached hydrogen (secondary N) is 1. The van der Waals surface area contributed by atoms with Crippen LogP contribution in [-0.2, 0) is 23.7 Å². The SMILES string of the molecule is COC1CC(NC(C)=O)C2OC(c3ccccc3)OCC2O1. The summed E-state index contributed by atoms with van der Waals surface area (Å²) in [6.45, 7) is 1.90. The van der Waals surface area contributed by atoms with Crippen LogP contribution in [0.25, 0.3) is 0 Å². The first-order chi connectivity index (χ1) is 10.7. The van der Waals surface area contributed by atoms with E-state index in [1.54, 1.807) is 7.11 Å². The van der Waals surface area contributed by atoms with E-state index in [4.69, 9.17) is 18.9 Å². The molecule has 0 aliphatic carbocycles. The summed E-state index contributed by atoms with van der Waals surface area (Å²) in [5, 5.41) is 2.94. The molecule has 0 saturated carbocycles. The number of benzene rings is 1. The van der Waals surface area contributed by atoms with Crippen molar-refractivity contribution in [1.29, 1.82) is 0 Å². The molecule has 2 heterocycles. The minimum Gasteiger partial charge on any atom is -0.356 e. The van der Waals surface area contributed by atoms with Crippen LogP contribution < -0.4 is 5.32 Å². The van der Waals surface area contributed by atoms with Crippen molar-refractivity contribution in [2.24, 2.45) is 0 Å². The van der Waals surface area contributed by atoms with Gasteiger partial charge in [-0.2, -0.15) is 0 Å². The monoisotopic (exact) mass is 307 g/mol. The summed E-state index contributed by atoms with van der Waals surface area (Å²) in [4.78, 5) is 11.5. The highest BCUT2D eigenvalue weighted by Crippen LogP contribution is 2.33. The lowest BCUT2D eigenvalue weighted by Crippen LogP contribution is -2.60. The molecule has 5 unspecified atom stereocenters. The minimum atomic E-state index is -0.443. The van der Waals surface area contributed by atoms with Crippen molar-refractivity contribution in [1.82, 2.24) is 5.32 Å². The van der Waals surface area contributed by atoms with Gasteiger partial charge in [-0.3, -0.25) is 4.79 Å². The van der Waals surface area contributed by atoms with Crippen molar-refractivity contribution in [3.8, 4) is 0 Å². The quantitative estimate of drug-likeness (QED) is 0.913. The summed E-state index contributed by atoms with van der Waals surface area (Å²) in [5.74, 6) is -0.0909. The van der Waals surface area contributed by atoms with Gasteiger partial charge in [0.05, 0.1) is 12.6 Å². The van der Waals surface area contributed by atoms with Crippen molar-refractivity contribution in [2.45, 2.75) is 44.2 Å². The van der Waals surface area contributed by atoms with Crippen LogP contribution in [0.15, 0.2) is 30.3 Å². The molecule has 2 aliphatic rings. The average Bonchev–Trinajstić information content (AvgIpc) is 2.54. The van der Waals surface area contributed by atoms with Crippen LogP contribution >= 0.6 is 0 Å². The normalized spacial score (nSPS) is 34.7. The van der Waals surface area contributed by atoms with E-state index >= 15 is 0 Å². The Labute approximate surface area is 129 Å². The zero-order valence-corrected chi connectivity index (χ0v) is 12.7. The first-order valence-electron chi connectivity index (χ1n) is 7.44. The van der Waals surface area contributed by atoms with Gasteiger partial charge in [0.25, 0.3) is 0 Å². The Morgan fingerprint density at radius 1 is 1.27 bits per heavy atom. The molecule has 1 N–H and O–H groups in total. The predicted octanol–water partition coefficient (Wildman–Crippen LogP) is 1.37. The van der Waals surface area contributed by atoms with Gasteiger partial charge < -0.3 is 24.3 Å². The summed E-state index contributed by atoms with van der Waals surface area (Å²) in [6, 6.07) is 9.59. The van der Waals surface area contributed by atoms with Crippen LogP contribution in [-0.4, -0.2) is 44.2 Å². The third-order valence-corrected chi connectivity index (χ3v) is 3.95. The number of amides is 1. The molecular weight excluding hydrogens is 286 g/mol. The van der Waals surface area contributed by atoms with Crippen molar-refractivity contribution in [3.05, 3.63) is 35.9 Å². The Kier molecular flexibility index (Phi) is 4.73. The van der Waals surface area contributed by atoms with Gasteiger partial charge in [-0.15, -0.1) is 0 Å². The molecule has 120 valence electrons. The number of fused-ring (bicyclic) bond motifs is 1. The lowest BCUT2D eigenvalue weighted by molar-refractivity contribution is -0.319. The molecule has 0 radical (unpaired) electrons. The largest absolute Gasteiger partial charge is 0.356 e. The Balaban J connectivity index is 1.75. The van der Waals surface area contributed by atoms with Crippen molar-refractivity contribution >= 4 is 5.91 Å². The zero-order chi connectivity index (χ0) is 15.5. The number of rotatable bonds is 3. The van der Waals surface area contributed by atoms with Crippen molar-refractivity contribution in [2.75, 3.05) is 13.7 Å². The van der Waals surface area contributed by atoms with Crippen LogP contribution in [0.1, 0.15) is 25.2 Å². The standard InChI is InChI=1S/C16H21NO5/c1-10(18)17-12-8-14(19-2)21-13-9-20-16(22-15(12)13)11-6-4-3-5-7-11/h3-7,12-16H,8-9H2,1-2H3,(H,17,18). The molecule has 2 saturated heterocycles. The first kappa shape index (κ1) is 15.4. The van der Waals surface area contributed by atoms with E-state index in [-0.39, 0.29) is 30.4 Å². The number of ether oxygens (including phenoxy) is 4. The average molecular weight is 307 g/mol. The van der Waals surface area contributed by atoms with Crippen LogP contribution in [0.4, 0.5) is 0 Å². The van der Waals surface area contributed by atoms with Crippen molar-refractivity contribution < 1.29 is 23.7 Å². The molecule has 2 fully saturated rings. The summed E-state index contributed by atoms with van der Waals surface area (Å²) >= 11 is 0. The second-order valence-electron chi connectivity index (χ2n) is 5.56. The Bertz CT molecular complexity index is 509. The third-order valence-electron chi connectivity index (χ3n) is 3.95. The molecule has 2 aliphatic heterocycles. The van der Waals surface area contributed by atoms with Gasteiger partial charge in [0.15, 0.2) is 12.6 Å². The third kappa shape index (κ3) is 3.30. The zero-order valence-electron chi connectivity index (χ0n) is 12.7. The van der Waals surface area contributed by atoms with Crippen LogP contribution in [0.5, 0.6) is 0 Å². The minimum absolute atomic E-state index is 0.0909. The maximum Gasteiger partial charge on any atom is 0.217 e. The Hall–Kier alpha value is -1.47. The Morgan fingerprint density at radius 2 is 2.05 bits per heavy atom. The highest BCUT2D eigenvalue weighted by atomic mass is 16.7. The number of carbonyl (C=O) groups is 1. The van der Waals surface area contributed by atoms with E-state index in [2.05, 4.69) is 5.32 Å². The van der Waals surface area contributed by atoms with Gasteiger partial charge in [-0.1, -0.05) is 30.3 Å². The lowest BCUT2D eigenvalue weighted by Gasteiger charge is -2.45. The van der Waals surface area contributed by atoms with E-state index in [1.165, 1.54) is 6.92 Å². The molecule has 0 spiro atoms. The topological polar surface area (TPSA) is 66.0 Å². The molecule has 5 atom stereocenters. The van der Waals surface area contributed by atoms with E-state index < -0.39 is 6.29 Å². The molecular formula is C16H21NO5. The van der Waals surface area contributed by atoms with E-state index in [1.807, 2.05) is 30.3 Å². The van der Waals surface area contributed by atoms with E-state index in [9.17, 15) is 4.79 Å². The molecule has 0 bridgehead atoms. The summed E-state index contributed by atoms with van der Waals surface area (Å²) in [7, 11) is 1.59. The summed E-state index contributed by atoms with van der Waals surface area (Å²) in [6.07, 6.45) is -0.761. The molecule has 1 amide bonds. The van der Waals surface area contributed by atoms with Gasteiger partial charge >= 0.3 is 0 Å². The smallest absolute Gasteiger partial charge is 0.217 e. The van der Waals surface area contributed by atoms with Gasteiger partial charge in [0, 0.05) is 26.0 Å². The number of methoxy groups -OCH3 is 1. The highest BCUT2D eigenvalue weighted by molar-refractivity contribution is 5.73. The first-order valence-corrected chi connectivity index (χ1v) is 7.44. The molecule has 3 rings (SSSR count). The molecule has 1 aromatic rings. The Morgan fingerprint density at radius 3 is 2.73 bits per heavy atom.